The highest BCUT2D eigenvalue weighted by atomic mass is 16.6. The van der Waals surface area contributed by atoms with Gasteiger partial charge in [0.1, 0.15) is 0 Å². The van der Waals surface area contributed by atoms with Crippen molar-refractivity contribution in [1.82, 2.24) is 9.78 Å². The molecular weight excluding hydrogens is 272 g/mol. The molecule has 0 spiro atoms. The quantitative estimate of drug-likeness (QED) is 0.691. The highest BCUT2D eigenvalue weighted by Crippen LogP contribution is 2.21. The van der Waals surface area contributed by atoms with E-state index in [-0.39, 0.29) is 11.3 Å². The van der Waals surface area contributed by atoms with Crippen molar-refractivity contribution in [2.24, 2.45) is 0 Å². The minimum absolute atomic E-state index is 0.0661. The van der Waals surface area contributed by atoms with Gasteiger partial charge in [-0.25, -0.2) is 0 Å². The van der Waals surface area contributed by atoms with Crippen LogP contribution in [0.3, 0.4) is 0 Å². The van der Waals surface area contributed by atoms with Crippen LogP contribution in [0, 0.1) is 24.0 Å². The van der Waals surface area contributed by atoms with Crippen LogP contribution >= 0.6 is 0 Å². The fourth-order valence-electron chi connectivity index (χ4n) is 2.03. The van der Waals surface area contributed by atoms with Crippen LogP contribution in [0.5, 0.6) is 0 Å². The number of hydrogen-bond acceptors (Lipinski definition) is 4. The molecule has 0 saturated heterocycles. The van der Waals surface area contributed by atoms with Crippen molar-refractivity contribution in [2.45, 2.75) is 27.3 Å². The van der Waals surface area contributed by atoms with E-state index < -0.39 is 10.8 Å². The highest BCUT2D eigenvalue weighted by Gasteiger charge is 2.16. The minimum Gasteiger partial charge on any atom is -0.319 e. The first-order valence-corrected chi connectivity index (χ1v) is 6.52. The van der Waals surface area contributed by atoms with E-state index in [4.69, 9.17) is 0 Å². The van der Waals surface area contributed by atoms with Crippen molar-refractivity contribution in [3.63, 3.8) is 0 Å². The SMILES string of the molecule is CCn1ncc(NC(=O)c2ccc(C)c([N+](=O)[O-])c2)c1C. The zero-order valence-electron chi connectivity index (χ0n) is 12.1. The average Bonchev–Trinajstić information content (AvgIpc) is 2.79. The lowest BCUT2D eigenvalue weighted by molar-refractivity contribution is -0.385. The number of amides is 1. The standard InChI is InChI=1S/C14H16N4O3/c1-4-17-10(3)12(8-15-17)16-14(19)11-6-5-9(2)13(7-11)18(20)21/h5-8H,4H2,1-3H3,(H,16,19). The van der Waals surface area contributed by atoms with Gasteiger partial charge in [0, 0.05) is 23.7 Å². The Kier molecular flexibility index (Phi) is 4.02. The molecule has 7 nitrogen and oxygen atoms in total. The average molecular weight is 288 g/mol. The Hall–Kier alpha value is -2.70. The molecule has 1 aromatic heterocycles. The van der Waals surface area contributed by atoms with Gasteiger partial charge in [0.15, 0.2) is 0 Å². The fourth-order valence-corrected chi connectivity index (χ4v) is 2.03. The van der Waals surface area contributed by atoms with Gasteiger partial charge in [-0.1, -0.05) is 6.07 Å². The van der Waals surface area contributed by atoms with Crippen LogP contribution in [0.4, 0.5) is 11.4 Å². The molecule has 2 aromatic rings. The minimum atomic E-state index is -0.494. The van der Waals surface area contributed by atoms with Gasteiger partial charge >= 0.3 is 0 Å². The van der Waals surface area contributed by atoms with Crippen molar-refractivity contribution in [1.29, 1.82) is 0 Å². The number of nitro groups is 1. The van der Waals surface area contributed by atoms with E-state index in [2.05, 4.69) is 10.4 Å². The zero-order valence-corrected chi connectivity index (χ0v) is 12.1. The molecule has 1 heterocycles. The molecule has 0 fully saturated rings. The van der Waals surface area contributed by atoms with E-state index in [1.165, 1.54) is 6.07 Å². The second-order valence-corrected chi connectivity index (χ2v) is 4.67. The van der Waals surface area contributed by atoms with E-state index >= 15 is 0 Å². The third kappa shape index (κ3) is 2.91. The largest absolute Gasteiger partial charge is 0.319 e. The maximum Gasteiger partial charge on any atom is 0.273 e. The smallest absolute Gasteiger partial charge is 0.273 e. The molecule has 0 atom stereocenters. The number of rotatable bonds is 4. The molecule has 2 rings (SSSR count). The third-order valence-corrected chi connectivity index (χ3v) is 3.32. The van der Waals surface area contributed by atoms with E-state index in [1.54, 1.807) is 29.9 Å². The summed E-state index contributed by atoms with van der Waals surface area (Å²) in [5.74, 6) is -0.392. The van der Waals surface area contributed by atoms with Gasteiger partial charge in [-0.15, -0.1) is 0 Å². The van der Waals surface area contributed by atoms with Crippen LogP contribution in [-0.2, 0) is 6.54 Å². The number of carbonyl (C=O) groups is 1. The maximum atomic E-state index is 12.2. The molecule has 110 valence electrons. The number of nitro benzene ring substituents is 1. The second-order valence-electron chi connectivity index (χ2n) is 4.67. The van der Waals surface area contributed by atoms with Gasteiger partial charge in [-0.3, -0.25) is 19.6 Å². The lowest BCUT2D eigenvalue weighted by Gasteiger charge is -2.06. The summed E-state index contributed by atoms with van der Waals surface area (Å²) >= 11 is 0. The van der Waals surface area contributed by atoms with Gasteiger partial charge in [0.25, 0.3) is 11.6 Å². The van der Waals surface area contributed by atoms with Gasteiger partial charge in [0.2, 0.25) is 0 Å². The molecular formula is C14H16N4O3. The number of hydrogen-bond donors (Lipinski definition) is 1. The van der Waals surface area contributed by atoms with E-state index in [0.717, 1.165) is 5.69 Å². The molecule has 0 radical (unpaired) electrons. The van der Waals surface area contributed by atoms with Crippen LogP contribution in [0.15, 0.2) is 24.4 Å². The van der Waals surface area contributed by atoms with Crippen molar-refractivity contribution < 1.29 is 9.72 Å². The summed E-state index contributed by atoms with van der Waals surface area (Å²) in [7, 11) is 0. The Bertz CT molecular complexity index is 706. The highest BCUT2D eigenvalue weighted by molar-refractivity contribution is 6.04. The molecule has 0 aliphatic rings. The summed E-state index contributed by atoms with van der Waals surface area (Å²) in [5, 5.41) is 17.8. The molecule has 1 N–H and O–H groups in total. The van der Waals surface area contributed by atoms with Crippen LogP contribution in [0.25, 0.3) is 0 Å². The number of aryl methyl sites for hydroxylation is 2. The summed E-state index contributed by atoms with van der Waals surface area (Å²) in [4.78, 5) is 22.6. The molecule has 21 heavy (non-hydrogen) atoms. The first-order chi connectivity index (χ1) is 9.93. The monoisotopic (exact) mass is 288 g/mol. The van der Waals surface area contributed by atoms with Crippen LogP contribution < -0.4 is 5.32 Å². The molecule has 0 unspecified atom stereocenters. The number of nitrogens with one attached hydrogen (secondary N) is 1. The fraction of sp³-hybridized carbons (Fsp3) is 0.286. The number of aromatic nitrogens is 2. The Morgan fingerprint density at radius 1 is 1.43 bits per heavy atom. The first kappa shape index (κ1) is 14.7. The zero-order chi connectivity index (χ0) is 15.6. The molecule has 0 bridgehead atoms. The summed E-state index contributed by atoms with van der Waals surface area (Å²) in [5.41, 5.74) is 2.14. The van der Waals surface area contributed by atoms with Crippen molar-refractivity contribution in [2.75, 3.05) is 5.32 Å². The molecule has 1 amide bonds. The van der Waals surface area contributed by atoms with Gasteiger partial charge in [-0.2, -0.15) is 5.10 Å². The lowest BCUT2D eigenvalue weighted by atomic mass is 10.1. The Morgan fingerprint density at radius 2 is 2.14 bits per heavy atom. The van der Waals surface area contributed by atoms with E-state index in [1.807, 2.05) is 13.8 Å². The van der Waals surface area contributed by atoms with Crippen LogP contribution in [-0.4, -0.2) is 20.6 Å². The topological polar surface area (TPSA) is 90.1 Å². The maximum absolute atomic E-state index is 12.2. The Balaban J connectivity index is 2.26. The normalized spacial score (nSPS) is 10.4. The Morgan fingerprint density at radius 3 is 2.71 bits per heavy atom. The lowest BCUT2D eigenvalue weighted by Crippen LogP contribution is -2.13. The van der Waals surface area contributed by atoms with Crippen LogP contribution in [0.1, 0.15) is 28.5 Å². The number of benzene rings is 1. The Labute approximate surface area is 121 Å². The predicted molar refractivity (Wildman–Crippen MR) is 78.4 cm³/mol. The number of nitrogens with zero attached hydrogens (tertiary/aromatic N) is 3. The van der Waals surface area contributed by atoms with Crippen molar-refractivity contribution >= 4 is 17.3 Å². The van der Waals surface area contributed by atoms with E-state index in [0.29, 0.717) is 17.8 Å². The van der Waals surface area contributed by atoms with Crippen molar-refractivity contribution in [3.05, 3.63) is 51.3 Å². The van der Waals surface area contributed by atoms with Gasteiger partial charge in [0.05, 0.1) is 22.5 Å². The second kappa shape index (κ2) is 5.74. The van der Waals surface area contributed by atoms with Gasteiger partial charge < -0.3 is 5.32 Å². The number of carbonyl (C=O) groups excluding carboxylic acids is 1. The van der Waals surface area contributed by atoms with Gasteiger partial charge in [-0.05, 0) is 26.8 Å². The van der Waals surface area contributed by atoms with E-state index in [9.17, 15) is 14.9 Å². The molecule has 0 aliphatic carbocycles. The summed E-state index contributed by atoms with van der Waals surface area (Å²) in [6, 6.07) is 4.41. The molecule has 7 heteroatoms. The first-order valence-electron chi connectivity index (χ1n) is 6.52. The van der Waals surface area contributed by atoms with Crippen LogP contribution in [0.2, 0.25) is 0 Å². The molecule has 1 aromatic carbocycles. The third-order valence-electron chi connectivity index (χ3n) is 3.32. The molecule has 0 aliphatic heterocycles. The number of anilines is 1. The summed E-state index contributed by atoms with van der Waals surface area (Å²) < 4.78 is 1.76. The predicted octanol–water partition coefficient (Wildman–Crippen LogP) is 2.68. The summed E-state index contributed by atoms with van der Waals surface area (Å²) in [6.45, 7) is 6.14. The molecule has 0 saturated carbocycles. The van der Waals surface area contributed by atoms with Crippen molar-refractivity contribution in [3.8, 4) is 0 Å². The summed E-state index contributed by atoms with van der Waals surface area (Å²) in [6.07, 6.45) is 1.57.